The van der Waals surface area contributed by atoms with E-state index in [9.17, 15) is 10.2 Å². The first-order valence-corrected chi connectivity index (χ1v) is 12.2. The van der Waals surface area contributed by atoms with E-state index in [1.807, 2.05) is 42.5 Å². The van der Waals surface area contributed by atoms with E-state index in [-0.39, 0.29) is 11.5 Å². The average molecular weight is 454 g/mol. The van der Waals surface area contributed by atoms with Crippen LogP contribution < -0.4 is 4.74 Å². The van der Waals surface area contributed by atoms with Crippen LogP contribution in [0.5, 0.6) is 23.0 Å². The van der Waals surface area contributed by atoms with Gasteiger partial charge in [0.15, 0.2) is 0 Å². The second-order valence-electron chi connectivity index (χ2n) is 9.15. The number of fused-ring (bicyclic) bond motifs is 1. The minimum atomic E-state index is 0.227. The molecule has 1 fully saturated rings. The Morgan fingerprint density at radius 1 is 0.735 bits per heavy atom. The molecule has 0 spiro atoms. The standard InChI is InChI=1S/C30H31NO3/c32-25-11-8-23(9-12-25)28-16-10-24-21-26(33)13-17-29(24)30(28)34-27-14-6-22(7-15-27)5-4-20-31-18-2-1-3-19-31/h6-17,21,32-33H,1-5,18-20H2. The molecule has 0 bridgehead atoms. The number of benzene rings is 4. The lowest BCUT2D eigenvalue weighted by molar-refractivity contribution is 0.226. The van der Waals surface area contributed by atoms with Crippen molar-refractivity contribution in [3.05, 3.63) is 84.4 Å². The molecule has 34 heavy (non-hydrogen) atoms. The molecule has 1 aliphatic heterocycles. The van der Waals surface area contributed by atoms with Crippen LogP contribution in [0, 0.1) is 0 Å². The molecule has 1 saturated heterocycles. The minimum Gasteiger partial charge on any atom is -0.508 e. The van der Waals surface area contributed by atoms with Crippen molar-refractivity contribution in [1.29, 1.82) is 0 Å². The van der Waals surface area contributed by atoms with Crippen molar-refractivity contribution in [3.63, 3.8) is 0 Å². The van der Waals surface area contributed by atoms with Gasteiger partial charge in [-0.25, -0.2) is 0 Å². The van der Waals surface area contributed by atoms with E-state index in [0.717, 1.165) is 39.8 Å². The van der Waals surface area contributed by atoms with E-state index in [0.29, 0.717) is 0 Å². The summed E-state index contributed by atoms with van der Waals surface area (Å²) < 4.78 is 6.45. The maximum atomic E-state index is 9.94. The van der Waals surface area contributed by atoms with Crippen LogP contribution in [0.15, 0.2) is 78.9 Å². The number of piperidine rings is 1. The molecular formula is C30H31NO3. The van der Waals surface area contributed by atoms with Crippen molar-refractivity contribution in [1.82, 2.24) is 4.90 Å². The lowest BCUT2D eigenvalue weighted by Crippen LogP contribution is -2.30. The van der Waals surface area contributed by atoms with Crippen LogP contribution in [-0.2, 0) is 6.42 Å². The zero-order valence-corrected chi connectivity index (χ0v) is 19.4. The fraction of sp³-hybridized carbons (Fsp3) is 0.267. The van der Waals surface area contributed by atoms with Gasteiger partial charge in [-0.3, -0.25) is 0 Å². The van der Waals surface area contributed by atoms with E-state index in [4.69, 9.17) is 4.74 Å². The fourth-order valence-electron chi connectivity index (χ4n) is 4.80. The van der Waals surface area contributed by atoms with E-state index in [2.05, 4.69) is 17.0 Å². The highest BCUT2D eigenvalue weighted by atomic mass is 16.5. The Balaban J connectivity index is 1.36. The number of aromatic hydroxyl groups is 2. The van der Waals surface area contributed by atoms with E-state index in [1.54, 1.807) is 24.3 Å². The van der Waals surface area contributed by atoms with Crippen molar-refractivity contribution >= 4 is 10.8 Å². The van der Waals surface area contributed by atoms with E-state index in [1.165, 1.54) is 50.9 Å². The minimum absolute atomic E-state index is 0.227. The Kier molecular flexibility index (Phi) is 6.68. The molecular weight excluding hydrogens is 422 g/mol. The maximum Gasteiger partial charge on any atom is 0.143 e. The Labute approximate surface area is 201 Å². The summed E-state index contributed by atoms with van der Waals surface area (Å²) in [5.41, 5.74) is 3.21. The highest BCUT2D eigenvalue weighted by Crippen LogP contribution is 2.40. The third kappa shape index (κ3) is 5.18. The molecule has 0 amide bonds. The first-order valence-electron chi connectivity index (χ1n) is 12.2. The van der Waals surface area contributed by atoms with Gasteiger partial charge in [0.25, 0.3) is 0 Å². The highest BCUT2D eigenvalue weighted by molar-refractivity contribution is 5.96. The molecule has 0 saturated carbocycles. The monoisotopic (exact) mass is 453 g/mol. The Hall–Kier alpha value is -3.50. The topological polar surface area (TPSA) is 52.9 Å². The van der Waals surface area contributed by atoms with Gasteiger partial charge in [-0.1, -0.05) is 36.8 Å². The molecule has 174 valence electrons. The summed E-state index contributed by atoms with van der Waals surface area (Å²) in [6, 6.07) is 24.8. The molecule has 4 heteroatoms. The predicted molar refractivity (Wildman–Crippen MR) is 138 cm³/mol. The Bertz CT molecular complexity index is 1240. The molecule has 4 aromatic carbocycles. The second-order valence-corrected chi connectivity index (χ2v) is 9.15. The van der Waals surface area contributed by atoms with Gasteiger partial charge < -0.3 is 19.8 Å². The summed E-state index contributed by atoms with van der Waals surface area (Å²) in [6.45, 7) is 3.68. The molecule has 4 nitrogen and oxygen atoms in total. The summed E-state index contributed by atoms with van der Waals surface area (Å²) in [4.78, 5) is 2.59. The van der Waals surface area contributed by atoms with Crippen LogP contribution in [-0.4, -0.2) is 34.7 Å². The first-order chi connectivity index (χ1) is 16.7. The molecule has 0 aromatic heterocycles. The van der Waals surface area contributed by atoms with Crippen LogP contribution in [0.2, 0.25) is 0 Å². The number of phenols is 2. The molecule has 2 N–H and O–H groups in total. The van der Waals surface area contributed by atoms with Gasteiger partial charge in [-0.05, 0) is 110 Å². The van der Waals surface area contributed by atoms with E-state index >= 15 is 0 Å². The Morgan fingerprint density at radius 3 is 2.24 bits per heavy atom. The highest BCUT2D eigenvalue weighted by Gasteiger charge is 2.14. The van der Waals surface area contributed by atoms with Crippen molar-refractivity contribution < 1.29 is 14.9 Å². The van der Waals surface area contributed by atoms with Gasteiger partial charge >= 0.3 is 0 Å². The molecule has 1 heterocycles. The van der Waals surface area contributed by atoms with Gasteiger partial charge in [-0.2, -0.15) is 0 Å². The van der Waals surface area contributed by atoms with Crippen molar-refractivity contribution in [2.45, 2.75) is 32.1 Å². The summed E-state index contributed by atoms with van der Waals surface area (Å²) in [7, 11) is 0. The summed E-state index contributed by atoms with van der Waals surface area (Å²) >= 11 is 0. The van der Waals surface area contributed by atoms with Gasteiger partial charge in [0.1, 0.15) is 23.0 Å². The molecule has 0 atom stereocenters. The third-order valence-corrected chi connectivity index (χ3v) is 6.66. The number of hydrogen-bond donors (Lipinski definition) is 2. The third-order valence-electron chi connectivity index (χ3n) is 6.66. The quantitative estimate of drug-likeness (QED) is 0.313. The second kappa shape index (κ2) is 10.2. The number of ether oxygens (including phenoxy) is 1. The molecule has 1 aliphatic rings. The number of nitrogens with zero attached hydrogens (tertiary/aromatic N) is 1. The van der Waals surface area contributed by atoms with Crippen LogP contribution in [0.25, 0.3) is 21.9 Å². The van der Waals surface area contributed by atoms with Crippen molar-refractivity contribution in [2.75, 3.05) is 19.6 Å². The molecule has 4 aromatic rings. The summed E-state index contributed by atoms with van der Waals surface area (Å²) in [5, 5.41) is 21.5. The molecule has 0 radical (unpaired) electrons. The number of hydrogen-bond acceptors (Lipinski definition) is 4. The number of phenolic OH excluding ortho intramolecular Hbond substituents is 2. The summed E-state index contributed by atoms with van der Waals surface area (Å²) in [6.07, 6.45) is 6.31. The zero-order valence-electron chi connectivity index (χ0n) is 19.4. The Morgan fingerprint density at radius 2 is 1.47 bits per heavy atom. The smallest absolute Gasteiger partial charge is 0.143 e. The average Bonchev–Trinajstić information content (AvgIpc) is 2.86. The van der Waals surface area contributed by atoms with Crippen molar-refractivity contribution in [3.8, 4) is 34.1 Å². The largest absolute Gasteiger partial charge is 0.508 e. The normalized spacial score (nSPS) is 14.4. The van der Waals surface area contributed by atoms with Gasteiger partial charge in [-0.15, -0.1) is 0 Å². The van der Waals surface area contributed by atoms with Crippen LogP contribution in [0.1, 0.15) is 31.2 Å². The first kappa shape index (κ1) is 22.3. The van der Waals surface area contributed by atoms with Crippen LogP contribution in [0.4, 0.5) is 0 Å². The number of aryl methyl sites for hydroxylation is 1. The lowest BCUT2D eigenvalue weighted by Gasteiger charge is -2.26. The van der Waals surface area contributed by atoms with Crippen molar-refractivity contribution in [2.24, 2.45) is 0 Å². The fourth-order valence-corrected chi connectivity index (χ4v) is 4.80. The molecule has 0 unspecified atom stereocenters. The lowest BCUT2D eigenvalue weighted by atomic mass is 9.99. The number of likely N-dealkylation sites (tertiary alicyclic amines) is 1. The SMILES string of the molecule is Oc1ccc(-c2ccc3cc(O)ccc3c2Oc2ccc(CCCN3CCCCC3)cc2)cc1. The zero-order chi connectivity index (χ0) is 23.3. The van der Waals surface area contributed by atoms with E-state index < -0.39 is 0 Å². The van der Waals surface area contributed by atoms with Gasteiger partial charge in [0.2, 0.25) is 0 Å². The van der Waals surface area contributed by atoms with Gasteiger partial charge in [0, 0.05) is 10.9 Å². The summed E-state index contributed by atoms with van der Waals surface area (Å²) in [5.74, 6) is 1.97. The maximum absolute atomic E-state index is 9.94. The van der Waals surface area contributed by atoms with Crippen LogP contribution in [0.3, 0.4) is 0 Å². The predicted octanol–water partition coefficient (Wildman–Crippen LogP) is 7.13. The molecule has 0 aliphatic carbocycles. The molecule has 5 rings (SSSR count). The number of rotatable bonds is 7. The van der Waals surface area contributed by atoms with Gasteiger partial charge in [0.05, 0.1) is 0 Å². The van der Waals surface area contributed by atoms with Crippen LogP contribution >= 0.6 is 0 Å².